The van der Waals surface area contributed by atoms with Gasteiger partial charge in [0.05, 0.1) is 5.52 Å². The lowest BCUT2D eigenvalue weighted by Crippen LogP contribution is -2.60. The first kappa shape index (κ1) is 19.6. The maximum Gasteiger partial charge on any atom is 0.267 e. The van der Waals surface area contributed by atoms with Crippen LogP contribution in [-0.4, -0.2) is 30.9 Å². The van der Waals surface area contributed by atoms with Crippen LogP contribution in [0.3, 0.4) is 0 Å². The fraction of sp³-hybridized carbons (Fsp3) is 0.696. The van der Waals surface area contributed by atoms with Gasteiger partial charge in [-0.15, -0.1) is 0 Å². The lowest BCUT2D eigenvalue weighted by molar-refractivity contribution is -0.0167. The Morgan fingerprint density at radius 3 is 2.40 bits per heavy atom. The standard InChI is InChI=1S/C23H32N4O3/c1-3-5-6-27-17-13-26(4-2)25-19(17)20(28)18(22(27)30)21(29)24-23-10-14-7-15(11-23)9-16(8-14)12-23/h13-16,28H,3-12H2,1-2H3,(H,24,29). The second kappa shape index (κ2) is 7.13. The van der Waals surface area contributed by atoms with Crippen molar-refractivity contribution in [2.75, 3.05) is 0 Å². The number of carbonyl (C=O) groups excluding carboxylic acids is 1. The molecule has 4 fully saturated rings. The number of pyridine rings is 1. The molecule has 6 rings (SSSR count). The quantitative estimate of drug-likeness (QED) is 0.761. The predicted octanol–water partition coefficient (Wildman–Crippen LogP) is 3.42. The number of carbonyl (C=O) groups is 1. The minimum Gasteiger partial charge on any atom is -0.505 e. The molecule has 4 aliphatic rings. The Bertz CT molecular complexity index is 1020. The molecule has 2 aromatic heterocycles. The van der Waals surface area contributed by atoms with Gasteiger partial charge in [0.1, 0.15) is 5.56 Å². The molecule has 0 aliphatic heterocycles. The number of nitrogens with zero attached hydrogens (tertiary/aromatic N) is 3. The highest BCUT2D eigenvalue weighted by atomic mass is 16.3. The first-order valence-electron chi connectivity index (χ1n) is 11.6. The summed E-state index contributed by atoms with van der Waals surface area (Å²) in [5.41, 5.74) is 0.167. The molecule has 7 heteroatoms. The molecule has 0 radical (unpaired) electrons. The van der Waals surface area contributed by atoms with Crippen LogP contribution in [0.4, 0.5) is 0 Å². The average Bonchev–Trinajstić information content (AvgIpc) is 3.11. The normalized spacial score (nSPS) is 29.6. The van der Waals surface area contributed by atoms with Gasteiger partial charge < -0.3 is 15.0 Å². The lowest BCUT2D eigenvalue weighted by Gasteiger charge is -2.56. The van der Waals surface area contributed by atoms with E-state index in [1.165, 1.54) is 19.3 Å². The van der Waals surface area contributed by atoms with E-state index in [4.69, 9.17) is 0 Å². The molecule has 0 saturated heterocycles. The van der Waals surface area contributed by atoms with Crippen LogP contribution in [0.1, 0.15) is 75.6 Å². The van der Waals surface area contributed by atoms with Gasteiger partial charge in [0, 0.05) is 24.8 Å². The van der Waals surface area contributed by atoms with Crippen molar-refractivity contribution in [3.8, 4) is 5.75 Å². The lowest BCUT2D eigenvalue weighted by atomic mass is 9.53. The Morgan fingerprint density at radius 1 is 1.20 bits per heavy atom. The van der Waals surface area contributed by atoms with Crippen LogP contribution in [0.2, 0.25) is 0 Å². The number of nitrogens with one attached hydrogen (secondary N) is 1. The molecule has 0 aromatic carbocycles. The third-order valence-corrected chi connectivity index (χ3v) is 7.66. The van der Waals surface area contributed by atoms with Gasteiger partial charge >= 0.3 is 0 Å². The highest BCUT2D eigenvalue weighted by molar-refractivity contribution is 6.01. The summed E-state index contributed by atoms with van der Waals surface area (Å²) in [7, 11) is 0. The van der Waals surface area contributed by atoms with Crippen molar-refractivity contribution >= 4 is 16.9 Å². The average molecular weight is 413 g/mol. The van der Waals surface area contributed by atoms with Crippen LogP contribution in [-0.2, 0) is 13.1 Å². The van der Waals surface area contributed by atoms with Crippen molar-refractivity contribution in [1.82, 2.24) is 19.7 Å². The summed E-state index contributed by atoms with van der Waals surface area (Å²) >= 11 is 0. The summed E-state index contributed by atoms with van der Waals surface area (Å²) in [4.78, 5) is 26.7. The third kappa shape index (κ3) is 3.05. The Balaban J connectivity index is 1.55. The summed E-state index contributed by atoms with van der Waals surface area (Å²) in [5, 5.41) is 18.6. The molecule has 0 atom stereocenters. The second-order valence-electron chi connectivity index (χ2n) is 9.90. The fourth-order valence-corrected chi connectivity index (χ4v) is 6.71. The Hall–Kier alpha value is -2.31. The van der Waals surface area contributed by atoms with Gasteiger partial charge in [-0.1, -0.05) is 13.3 Å². The maximum atomic E-state index is 13.4. The van der Waals surface area contributed by atoms with Crippen LogP contribution in [0.5, 0.6) is 5.75 Å². The number of aromatic hydroxyl groups is 1. The predicted molar refractivity (Wildman–Crippen MR) is 115 cm³/mol. The molecule has 30 heavy (non-hydrogen) atoms. The van der Waals surface area contributed by atoms with Gasteiger partial charge in [0.15, 0.2) is 11.3 Å². The van der Waals surface area contributed by atoms with Gasteiger partial charge in [-0.3, -0.25) is 14.3 Å². The topological polar surface area (TPSA) is 89.2 Å². The molecule has 4 saturated carbocycles. The number of hydrogen-bond donors (Lipinski definition) is 2. The Kier molecular flexibility index (Phi) is 4.67. The minimum atomic E-state index is -0.433. The molecular formula is C23H32N4O3. The summed E-state index contributed by atoms with van der Waals surface area (Å²) in [6, 6.07) is 0. The van der Waals surface area contributed by atoms with Gasteiger partial charge in [0.25, 0.3) is 11.5 Å². The number of unbranched alkanes of at least 4 members (excludes halogenated alkanes) is 1. The van der Waals surface area contributed by atoms with Gasteiger partial charge in [-0.05, 0) is 69.6 Å². The van der Waals surface area contributed by atoms with Crippen molar-refractivity contribution in [1.29, 1.82) is 0 Å². The van der Waals surface area contributed by atoms with Gasteiger partial charge in [-0.2, -0.15) is 5.10 Å². The zero-order valence-electron chi connectivity index (χ0n) is 18.0. The van der Waals surface area contributed by atoms with Crippen molar-refractivity contribution in [2.45, 2.75) is 83.8 Å². The van der Waals surface area contributed by atoms with Crippen molar-refractivity contribution < 1.29 is 9.90 Å². The van der Waals surface area contributed by atoms with E-state index >= 15 is 0 Å². The molecule has 0 unspecified atom stereocenters. The van der Waals surface area contributed by atoms with E-state index in [9.17, 15) is 14.7 Å². The summed E-state index contributed by atoms with van der Waals surface area (Å²) < 4.78 is 3.32. The molecular weight excluding hydrogens is 380 g/mol. The van der Waals surface area contributed by atoms with Crippen molar-refractivity contribution in [3.05, 3.63) is 22.1 Å². The van der Waals surface area contributed by atoms with E-state index in [-0.39, 0.29) is 16.9 Å². The largest absolute Gasteiger partial charge is 0.505 e. The molecule has 0 spiro atoms. The van der Waals surface area contributed by atoms with Gasteiger partial charge in [0.2, 0.25) is 0 Å². The zero-order valence-corrected chi connectivity index (χ0v) is 18.0. The number of aromatic nitrogens is 3. The zero-order chi connectivity index (χ0) is 21.0. The van der Waals surface area contributed by atoms with Crippen LogP contribution in [0.15, 0.2) is 11.0 Å². The number of fused-ring (bicyclic) bond motifs is 1. The van der Waals surface area contributed by atoms with E-state index in [2.05, 4.69) is 17.3 Å². The Morgan fingerprint density at radius 2 is 1.83 bits per heavy atom. The first-order valence-corrected chi connectivity index (χ1v) is 11.6. The summed E-state index contributed by atoms with van der Waals surface area (Å²) in [6.45, 7) is 5.17. The summed E-state index contributed by atoms with van der Waals surface area (Å²) in [6.07, 6.45) is 10.4. The van der Waals surface area contributed by atoms with Crippen LogP contribution in [0, 0.1) is 17.8 Å². The van der Waals surface area contributed by atoms with Crippen LogP contribution >= 0.6 is 0 Å². The van der Waals surface area contributed by atoms with Crippen LogP contribution in [0.25, 0.3) is 11.0 Å². The van der Waals surface area contributed by atoms with Crippen LogP contribution < -0.4 is 10.9 Å². The first-order chi connectivity index (χ1) is 14.4. The van der Waals surface area contributed by atoms with E-state index in [0.29, 0.717) is 41.9 Å². The molecule has 7 nitrogen and oxygen atoms in total. The number of hydrogen-bond acceptors (Lipinski definition) is 4. The highest BCUT2D eigenvalue weighted by Gasteiger charge is 2.51. The van der Waals surface area contributed by atoms with Crippen molar-refractivity contribution in [3.63, 3.8) is 0 Å². The summed E-state index contributed by atoms with van der Waals surface area (Å²) in [5.74, 6) is 1.35. The monoisotopic (exact) mass is 412 g/mol. The molecule has 2 heterocycles. The van der Waals surface area contributed by atoms with E-state index in [1.807, 2.05) is 6.92 Å². The smallest absolute Gasteiger partial charge is 0.267 e. The minimum absolute atomic E-state index is 0.143. The molecule has 2 aromatic rings. The van der Waals surface area contributed by atoms with E-state index in [0.717, 1.165) is 32.1 Å². The van der Waals surface area contributed by atoms with E-state index < -0.39 is 11.5 Å². The van der Waals surface area contributed by atoms with Crippen molar-refractivity contribution in [2.24, 2.45) is 17.8 Å². The maximum absolute atomic E-state index is 13.4. The number of amides is 1. The van der Waals surface area contributed by atoms with E-state index in [1.54, 1.807) is 15.4 Å². The SMILES string of the molecule is CCCCn1c(=O)c(C(=O)NC23CC4CC(CC(C4)C2)C3)c(O)c2nn(CC)cc21. The fourth-order valence-electron chi connectivity index (χ4n) is 6.71. The number of rotatable bonds is 6. The molecule has 1 amide bonds. The number of aryl methyl sites for hydroxylation is 2. The molecule has 4 bridgehead atoms. The van der Waals surface area contributed by atoms with Gasteiger partial charge in [-0.25, -0.2) is 0 Å². The highest BCUT2D eigenvalue weighted by Crippen LogP contribution is 2.55. The molecule has 2 N–H and O–H groups in total. The second-order valence-corrected chi connectivity index (χ2v) is 9.90. The molecule has 162 valence electrons. The third-order valence-electron chi connectivity index (χ3n) is 7.66. The Labute approximate surface area is 176 Å². The molecule has 4 aliphatic carbocycles.